The Labute approximate surface area is 85.0 Å². The summed E-state index contributed by atoms with van der Waals surface area (Å²) >= 11 is 0. The molecular weight excluding hydrogens is 174 g/mol. The molecule has 0 saturated heterocycles. The Bertz CT molecular complexity index is 309. The maximum atomic E-state index is 9.20. The van der Waals surface area contributed by atoms with Crippen molar-refractivity contribution in [1.29, 1.82) is 0 Å². The van der Waals surface area contributed by atoms with Crippen LogP contribution in [0.15, 0.2) is 24.3 Å². The molecule has 2 atom stereocenters. The summed E-state index contributed by atoms with van der Waals surface area (Å²) in [5, 5.41) is 12.6. The molecule has 0 spiro atoms. The minimum Gasteiger partial charge on any atom is -0.392 e. The molecule has 1 aromatic carbocycles. The van der Waals surface area contributed by atoms with Gasteiger partial charge in [0.1, 0.15) is 0 Å². The van der Waals surface area contributed by atoms with E-state index in [1.807, 2.05) is 6.92 Å². The highest BCUT2D eigenvalue weighted by Gasteiger charge is 2.21. The fraction of sp³-hybridized carbons (Fsp3) is 0.500. The first-order valence-electron chi connectivity index (χ1n) is 5.26. The second kappa shape index (κ2) is 4.11. The van der Waals surface area contributed by atoms with Crippen LogP contribution in [0.5, 0.6) is 0 Å². The van der Waals surface area contributed by atoms with E-state index in [1.54, 1.807) is 0 Å². The maximum absolute atomic E-state index is 9.20. The third-order valence-corrected chi connectivity index (χ3v) is 2.79. The molecule has 2 N–H and O–H groups in total. The molecule has 0 aromatic heterocycles. The van der Waals surface area contributed by atoms with Gasteiger partial charge in [-0.1, -0.05) is 24.3 Å². The quantitative estimate of drug-likeness (QED) is 0.761. The zero-order valence-electron chi connectivity index (χ0n) is 8.53. The third kappa shape index (κ3) is 1.97. The molecule has 0 radical (unpaired) electrons. The molecule has 0 bridgehead atoms. The van der Waals surface area contributed by atoms with Crippen molar-refractivity contribution in [3.63, 3.8) is 0 Å². The Morgan fingerprint density at radius 3 is 3.07 bits per heavy atom. The van der Waals surface area contributed by atoms with Crippen LogP contribution in [0, 0.1) is 0 Å². The number of aliphatic hydroxyl groups excluding tert-OH is 1. The molecule has 2 rings (SSSR count). The van der Waals surface area contributed by atoms with Gasteiger partial charge in [0.2, 0.25) is 0 Å². The van der Waals surface area contributed by atoms with Gasteiger partial charge in [-0.2, -0.15) is 0 Å². The lowest BCUT2D eigenvalue weighted by molar-refractivity contribution is 0.186. The zero-order valence-corrected chi connectivity index (χ0v) is 8.53. The summed E-state index contributed by atoms with van der Waals surface area (Å²) in [5.74, 6) is 0. The second-order valence-electron chi connectivity index (χ2n) is 4.05. The molecule has 1 unspecified atom stereocenters. The summed E-state index contributed by atoms with van der Waals surface area (Å²) in [6, 6.07) is 9.00. The van der Waals surface area contributed by atoms with Crippen LogP contribution in [0.25, 0.3) is 0 Å². The van der Waals surface area contributed by atoms with Crippen molar-refractivity contribution < 1.29 is 5.11 Å². The molecule has 0 saturated carbocycles. The Kier molecular flexibility index (Phi) is 2.85. The number of hydrogen-bond acceptors (Lipinski definition) is 2. The van der Waals surface area contributed by atoms with Gasteiger partial charge < -0.3 is 10.4 Å². The van der Waals surface area contributed by atoms with Crippen LogP contribution in [-0.2, 0) is 6.42 Å². The van der Waals surface area contributed by atoms with Crippen LogP contribution in [0.1, 0.15) is 30.5 Å². The molecule has 0 fully saturated rings. The van der Waals surface area contributed by atoms with Gasteiger partial charge in [0, 0.05) is 12.6 Å². The summed E-state index contributed by atoms with van der Waals surface area (Å²) in [5.41, 5.74) is 2.86. The van der Waals surface area contributed by atoms with Crippen LogP contribution < -0.4 is 5.32 Å². The molecule has 76 valence electrons. The number of aryl methyl sites for hydroxylation is 1. The fourth-order valence-corrected chi connectivity index (χ4v) is 2.08. The molecule has 1 aliphatic carbocycles. The highest BCUT2D eigenvalue weighted by Crippen LogP contribution is 2.30. The lowest BCUT2D eigenvalue weighted by Crippen LogP contribution is -2.27. The zero-order chi connectivity index (χ0) is 9.97. The number of aliphatic hydroxyl groups is 1. The number of benzene rings is 1. The number of rotatable bonds is 3. The van der Waals surface area contributed by atoms with E-state index in [0.717, 1.165) is 12.8 Å². The van der Waals surface area contributed by atoms with Crippen molar-refractivity contribution in [2.45, 2.75) is 31.9 Å². The largest absolute Gasteiger partial charge is 0.392 e. The van der Waals surface area contributed by atoms with Gasteiger partial charge in [-0.3, -0.25) is 0 Å². The van der Waals surface area contributed by atoms with Crippen LogP contribution >= 0.6 is 0 Å². The Morgan fingerprint density at radius 1 is 1.50 bits per heavy atom. The van der Waals surface area contributed by atoms with Crippen LogP contribution in [-0.4, -0.2) is 17.8 Å². The molecule has 2 heteroatoms. The Hall–Kier alpha value is -0.860. The molecule has 0 heterocycles. The highest BCUT2D eigenvalue weighted by molar-refractivity contribution is 5.34. The van der Waals surface area contributed by atoms with Gasteiger partial charge in [-0.05, 0) is 30.9 Å². The van der Waals surface area contributed by atoms with Gasteiger partial charge in [-0.25, -0.2) is 0 Å². The van der Waals surface area contributed by atoms with Gasteiger partial charge in [0.15, 0.2) is 0 Å². The van der Waals surface area contributed by atoms with Gasteiger partial charge in [0.25, 0.3) is 0 Å². The average Bonchev–Trinajstić information content (AvgIpc) is 2.58. The number of fused-ring (bicyclic) bond motifs is 1. The smallest absolute Gasteiger partial charge is 0.0636 e. The monoisotopic (exact) mass is 191 g/mol. The first-order valence-corrected chi connectivity index (χ1v) is 5.26. The minimum atomic E-state index is -0.261. The minimum absolute atomic E-state index is 0.261. The predicted molar refractivity (Wildman–Crippen MR) is 57.2 cm³/mol. The van der Waals surface area contributed by atoms with E-state index in [2.05, 4.69) is 29.6 Å². The Balaban J connectivity index is 2.03. The van der Waals surface area contributed by atoms with Crippen molar-refractivity contribution in [3.05, 3.63) is 35.4 Å². The molecule has 0 aliphatic heterocycles. The molecule has 2 nitrogen and oxygen atoms in total. The van der Waals surface area contributed by atoms with Crippen LogP contribution in [0.3, 0.4) is 0 Å². The summed E-state index contributed by atoms with van der Waals surface area (Å²) in [6.45, 7) is 2.49. The molecule has 1 aliphatic rings. The molecule has 0 amide bonds. The standard InChI is InChI=1S/C12H17NO/c1-9(14)8-13-12-7-6-10-4-2-3-5-11(10)12/h2-5,9,12-14H,6-8H2,1H3/t9-,12?/m1/s1. The summed E-state index contributed by atoms with van der Waals surface area (Å²) < 4.78 is 0. The maximum Gasteiger partial charge on any atom is 0.0636 e. The summed E-state index contributed by atoms with van der Waals surface area (Å²) in [7, 11) is 0. The van der Waals surface area contributed by atoms with Crippen molar-refractivity contribution in [2.75, 3.05) is 6.54 Å². The van der Waals surface area contributed by atoms with Crippen molar-refractivity contribution in [2.24, 2.45) is 0 Å². The van der Waals surface area contributed by atoms with E-state index >= 15 is 0 Å². The van der Waals surface area contributed by atoms with E-state index < -0.39 is 0 Å². The van der Waals surface area contributed by atoms with Crippen molar-refractivity contribution in [3.8, 4) is 0 Å². The molecule has 14 heavy (non-hydrogen) atoms. The van der Waals surface area contributed by atoms with Crippen molar-refractivity contribution >= 4 is 0 Å². The molecular formula is C12H17NO. The highest BCUT2D eigenvalue weighted by atomic mass is 16.3. The topological polar surface area (TPSA) is 32.3 Å². The fourth-order valence-electron chi connectivity index (χ4n) is 2.08. The van der Waals surface area contributed by atoms with E-state index in [0.29, 0.717) is 12.6 Å². The molecule has 1 aromatic rings. The SMILES string of the molecule is C[C@@H](O)CNC1CCc2ccccc21. The number of nitrogens with one attached hydrogen (secondary N) is 1. The third-order valence-electron chi connectivity index (χ3n) is 2.79. The van der Waals surface area contributed by atoms with Gasteiger partial charge in [0.05, 0.1) is 6.10 Å². The first-order chi connectivity index (χ1) is 6.77. The first kappa shape index (κ1) is 9.69. The summed E-state index contributed by atoms with van der Waals surface area (Å²) in [4.78, 5) is 0. The summed E-state index contributed by atoms with van der Waals surface area (Å²) in [6.07, 6.45) is 2.06. The average molecular weight is 191 g/mol. The second-order valence-corrected chi connectivity index (χ2v) is 4.05. The van der Waals surface area contributed by atoms with E-state index in [-0.39, 0.29) is 6.10 Å². The van der Waals surface area contributed by atoms with E-state index in [1.165, 1.54) is 11.1 Å². The normalized spacial score (nSPS) is 22.0. The van der Waals surface area contributed by atoms with Gasteiger partial charge >= 0.3 is 0 Å². The van der Waals surface area contributed by atoms with E-state index in [9.17, 15) is 5.11 Å². The van der Waals surface area contributed by atoms with E-state index in [4.69, 9.17) is 0 Å². The Morgan fingerprint density at radius 2 is 2.29 bits per heavy atom. The predicted octanol–water partition coefficient (Wildman–Crippen LogP) is 1.64. The number of hydrogen-bond donors (Lipinski definition) is 2. The lowest BCUT2D eigenvalue weighted by Gasteiger charge is -2.15. The van der Waals surface area contributed by atoms with Crippen molar-refractivity contribution in [1.82, 2.24) is 5.32 Å². The van der Waals surface area contributed by atoms with Crippen LogP contribution in [0.2, 0.25) is 0 Å². The van der Waals surface area contributed by atoms with Crippen LogP contribution in [0.4, 0.5) is 0 Å². The van der Waals surface area contributed by atoms with Gasteiger partial charge in [-0.15, -0.1) is 0 Å². The lowest BCUT2D eigenvalue weighted by atomic mass is 10.1.